The van der Waals surface area contributed by atoms with Gasteiger partial charge in [0.25, 0.3) is 10.9 Å². The fourth-order valence-electron chi connectivity index (χ4n) is 2.73. The van der Waals surface area contributed by atoms with Crippen LogP contribution in [-0.2, 0) is 4.79 Å². The van der Waals surface area contributed by atoms with E-state index >= 15 is 0 Å². The Bertz CT molecular complexity index is 724. The van der Waals surface area contributed by atoms with Crippen LogP contribution >= 0.6 is 0 Å². The molecule has 2 atom stereocenters. The van der Waals surface area contributed by atoms with Gasteiger partial charge in [-0.1, -0.05) is 11.2 Å². The summed E-state index contributed by atoms with van der Waals surface area (Å²) in [6.45, 7) is 3.49. The Morgan fingerprint density at radius 1 is 1.62 bits per heavy atom. The number of azide groups is 1. The highest BCUT2D eigenvalue weighted by molar-refractivity contribution is 5.83. The van der Waals surface area contributed by atoms with Gasteiger partial charge in [-0.25, -0.2) is 0 Å². The monoisotopic (exact) mass is 291 g/mol. The molecule has 1 heterocycles. The summed E-state index contributed by atoms with van der Waals surface area (Å²) < 4.78 is 0. The summed E-state index contributed by atoms with van der Waals surface area (Å²) in [6.07, 6.45) is 1.81. The average Bonchev–Trinajstić information content (AvgIpc) is 2.79. The topological polar surface area (TPSA) is 149 Å². The van der Waals surface area contributed by atoms with Crippen LogP contribution in [0, 0.1) is 5.92 Å². The fourth-order valence-corrected chi connectivity index (χ4v) is 2.73. The van der Waals surface area contributed by atoms with Crippen LogP contribution in [0.15, 0.2) is 27.4 Å². The summed E-state index contributed by atoms with van der Waals surface area (Å²) in [5, 5.41) is 12.9. The van der Waals surface area contributed by atoms with Crippen LogP contribution in [0.4, 0.5) is 11.4 Å². The van der Waals surface area contributed by atoms with E-state index in [1.165, 1.54) is 11.0 Å². The van der Waals surface area contributed by atoms with Crippen molar-refractivity contribution >= 4 is 17.3 Å². The lowest BCUT2D eigenvalue weighted by atomic mass is 9.85. The lowest BCUT2D eigenvalue weighted by Crippen LogP contribution is -2.46. The Morgan fingerprint density at radius 2 is 2.29 bits per heavy atom. The highest BCUT2D eigenvalue weighted by Gasteiger charge is 2.53. The average molecular weight is 291 g/mol. The number of nitrogen functional groups attached to an aromatic ring is 1. The number of allylic oxidation sites excluding steroid dienone is 1. The number of hydrogen-bond acceptors (Lipinski definition) is 6. The lowest BCUT2D eigenvalue weighted by Gasteiger charge is -2.24. The predicted molar refractivity (Wildman–Crippen MR) is 75.8 cm³/mol. The number of rotatable bonds is 5. The molecule has 1 aliphatic heterocycles. The predicted octanol–water partition coefficient (Wildman–Crippen LogP) is 0.0108. The van der Waals surface area contributed by atoms with Crippen molar-refractivity contribution in [1.82, 2.24) is 0 Å². The van der Waals surface area contributed by atoms with E-state index in [2.05, 4.69) is 16.6 Å². The molecule has 1 aliphatic rings. The molecule has 21 heavy (non-hydrogen) atoms. The van der Waals surface area contributed by atoms with Crippen molar-refractivity contribution in [1.29, 1.82) is 0 Å². The van der Waals surface area contributed by atoms with Crippen molar-refractivity contribution in [2.45, 2.75) is 12.0 Å². The first-order chi connectivity index (χ1) is 9.89. The van der Waals surface area contributed by atoms with Crippen LogP contribution in [0.2, 0.25) is 0 Å². The zero-order chi connectivity index (χ0) is 15.8. The number of carboxylic acids is 1. The molecule has 0 radical (unpaired) electrons. The van der Waals surface area contributed by atoms with Crippen LogP contribution in [0.25, 0.3) is 10.4 Å². The highest BCUT2D eigenvalue weighted by atomic mass is 16.4. The third-order valence-electron chi connectivity index (χ3n) is 3.83. The second kappa shape index (κ2) is 4.95. The van der Waals surface area contributed by atoms with Gasteiger partial charge >= 0.3 is 5.97 Å². The first-order valence-electron chi connectivity index (χ1n) is 6.13. The molecule has 110 valence electrons. The largest absolute Gasteiger partial charge is 0.481 e. The highest BCUT2D eigenvalue weighted by Crippen LogP contribution is 2.37. The fraction of sp³-hybridized carbons (Fsp3) is 0.417. The molecule has 9 heteroatoms. The van der Waals surface area contributed by atoms with Crippen molar-refractivity contribution in [3.63, 3.8) is 0 Å². The molecule has 1 saturated heterocycles. The number of nitrogens with zero attached hydrogens (tertiary/aromatic N) is 4. The summed E-state index contributed by atoms with van der Waals surface area (Å²) in [5.41, 5.74) is 10.7. The number of aliphatic carboxylic acids is 1. The molecular weight excluding hydrogens is 278 g/mol. The number of carboxylic acid groups (broad SMARTS) is 1. The SMILES string of the molecule is C=CC[C@H]1CN(c2c(N)c(=O)c2=O)C[C@@]1(N=[N+]=[N-])C(=O)O. The summed E-state index contributed by atoms with van der Waals surface area (Å²) in [5.74, 6) is -1.85. The Balaban J connectivity index is 2.46. The molecule has 1 fully saturated rings. The molecule has 0 amide bonds. The summed E-state index contributed by atoms with van der Waals surface area (Å²) in [6, 6.07) is 0. The maximum atomic E-state index is 11.6. The molecule has 1 aromatic carbocycles. The molecule has 3 N–H and O–H groups in total. The molecular formula is C12H13N5O4. The minimum absolute atomic E-state index is 0.00493. The molecule has 1 aromatic rings. The van der Waals surface area contributed by atoms with E-state index in [4.69, 9.17) is 11.3 Å². The minimum atomic E-state index is -1.71. The van der Waals surface area contributed by atoms with E-state index in [1.807, 2.05) is 0 Å². The van der Waals surface area contributed by atoms with Crippen LogP contribution in [0.3, 0.4) is 0 Å². The Kier molecular flexibility index (Phi) is 3.44. The Morgan fingerprint density at radius 3 is 2.76 bits per heavy atom. The molecule has 0 aliphatic carbocycles. The number of carbonyl (C=O) groups is 1. The van der Waals surface area contributed by atoms with Gasteiger partial charge in [0.15, 0.2) is 5.54 Å². The van der Waals surface area contributed by atoms with Gasteiger partial charge in [-0.15, -0.1) is 6.58 Å². The van der Waals surface area contributed by atoms with Crippen molar-refractivity contribution in [2.75, 3.05) is 23.7 Å². The van der Waals surface area contributed by atoms with E-state index in [0.29, 0.717) is 0 Å². The standard InChI is InChI=1S/C12H13N5O4/c1-2-3-6-4-17(8-7(13)9(18)10(8)19)5-12(6,11(20)21)15-16-14/h2,6H,1,3-5,13H2,(H,20,21)/t6-,12-/m0/s1. The number of anilines is 2. The first kappa shape index (κ1) is 14.6. The van der Waals surface area contributed by atoms with Crippen LogP contribution in [0.5, 0.6) is 0 Å². The molecule has 0 aromatic heterocycles. The minimum Gasteiger partial charge on any atom is -0.481 e. The summed E-state index contributed by atoms with van der Waals surface area (Å²) >= 11 is 0. The molecule has 9 nitrogen and oxygen atoms in total. The molecule has 0 saturated carbocycles. The molecule has 0 bridgehead atoms. The number of nitrogens with two attached hydrogens (primary N) is 1. The van der Waals surface area contributed by atoms with Gasteiger partial charge in [-0.2, -0.15) is 0 Å². The third-order valence-corrected chi connectivity index (χ3v) is 3.83. The van der Waals surface area contributed by atoms with E-state index in [1.54, 1.807) is 0 Å². The zero-order valence-corrected chi connectivity index (χ0v) is 11.0. The zero-order valence-electron chi connectivity index (χ0n) is 11.0. The second-order valence-corrected chi connectivity index (χ2v) is 4.94. The smallest absolute Gasteiger partial charge is 0.317 e. The van der Waals surface area contributed by atoms with E-state index in [-0.39, 0.29) is 30.9 Å². The van der Waals surface area contributed by atoms with Gasteiger partial charge in [0, 0.05) is 23.9 Å². The van der Waals surface area contributed by atoms with Gasteiger partial charge in [0.05, 0.1) is 0 Å². The normalized spacial score (nSPS) is 24.8. The maximum Gasteiger partial charge on any atom is 0.317 e. The maximum absolute atomic E-state index is 11.6. The van der Waals surface area contributed by atoms with E-state index in [0.717, 1.165) is 0 Å². The van der Waals surface area contributed by atoms with Crippen molar-refractivity contribution in [2.24, 2.45) is 11.0 Å². The molecule has 0 spiro atoms. The quantitative estimate of drug-likeness (QED) is 0.256. The van der Waals surface area contributed by atoms with Gasteiger partial charge in [0.2, 0.25) is 0 Å². The summed E-state index contributed by atoms with van der Waals surface area (Å²) in [7, 11) is 0. The first-order valence-corrected chi connectivity index (χ1v) is 6.13. The molecule has 2 rings (SSSR count). The third kappa shape index (κ3) is 1.95. The van der Waals surface area contributed by atoms with Crippen LogP contribution in [-0.4, -0.2) is 29.7 Å². The van der Waals surface area contributed by atoms with Gasteiger partial charge in [-0.05, 0) is 12.0 Å². The molecule has 0 unspecified atom stereocenters. The number of hydrogen-bond donors (Lipinski definition) is 2. The van der Waals surface area contributed by atoms with Gasteiger partial charge < -0.3 is 15.7 Å². The van der Waals surface area contributed by atoms with Gasteiger partial charge in [-0.3, -0.25) is 14.4 Å². The van der Waals surface area contributed by atoms with Crippen molar-refractivity contribution in [3.05, 3.63) is 43.5 Å². The Hall–Kier alpha value is -2.80. The van der Waals surface area contributed by atoms with Gasteiger partial charge in [0.1, 0.15) is 11.4 Å². The second-order valence-electron chi connectivity index (χ2n) is 4.94. The lowest BCUT2D eigenvalue weighted by molar-refractivity contribution is -0.143. The van der Waals surface area contributed by atoms with Crippen LogP contribution in [0.1, 0.15) is 6.42 Å². The Labute approximate surface area is 118 Å². The van der Waals surface area contributed by atoms with Crippen LogP contribution < -0.4 is 21.5 Å². The van der Waals surface area contributed by atoms with Crippen molar-refractivity contribution < 1.29 is 9.90 Å². The van der Waals surface area contributed by atoms with E-state index in [9.17, 15) is 19.5 Å². The van der Waals surface area contributed by atoms with Crippen molar-refractivity contribution in [3.8, 4) is 0 Å². The summed E-state index contributed by atoms with van der Waals surface area (Å²) in [4.78, 5) is 38.3. The van der Waals surface area contributed by atoms with E-state index < -0.39 is 28.3 Å².